The quantitative estimate of drug-likeness (QED) is 0.572. The van der Waals surface area contributed by atoms with Crippen LogP contribution in [0.5, 0.6) is 0 Å². The van der Waals surface area contributed by atoms with Gasteiger partial charge in [0.1, 0.15) is 5.82 Å². The fourth-order valence-electron chi connectivity index (χ4n) is 1.85. The fraction of sp³-hybridized carbons (Fsp3) is 0.467. The molecule has 0 radical (unpaired) electrons. The van der Waals surface area contributed by atoms with E-state index in [1.165, 1.54) is 0 Å². The van der Waals surface area contributed by atoms with Gasteiger partial charge in [0.15, 0.2) is 5.82 Å². The summed E-state index contributed by atoms with van der Waals surface area (Å²) in [4.78, 5) is 10.6. The molecule has 0 atom stereocenters. The highest BCUT2D eigenvalue weighted by Gasteiger charge is 2.23. The molecule has 0 unspecified atom stereocenters. The zero-order valence-corrected chi connectivity index (χ0v) is 17.2. The molecule has 0 aromatic carbocycles. The molecule has 114 valence electrons. The minimum absolute atomic E-state index is 0.00858. The molecule has 0 aliphatic rings. The Hall–Kier alpha value is -0.210. The first-order valence-electron chi connectivity index (χ1n) is 6.89. The van der Waals surface area contributed by atoms with Crippen molar-refractivity contribution < 1.29 is 0 Å². The minimum Gasteiger partial charge on any atom is -0.369 e. The third-order valence-electron chi connectivity index (χ3n) is 2.89. The van der Waals surface area contributed by atoms with Crippen molar-refractivity contribution >= 4 is 55.7 Å². The van der Waals surface area contributed by atoms with Gasteiger partial charge in [-0.2, -0.15) is 0 Å². The third kappa shape index (κ3) is 4.16. The number of hydrogen-bond acceptors (Lipinski definition) is 4. The molecule has 21 heavy (non-hydrogen) atoms. The summed E-state index contributed by atoms with van der Waals surface area (Å²) in [6.45, 7) is 9.65. The number of hydrogen-bond donors (Lipinski definition) is 1. The van der Waals surface area contributed by atoms with Crippen LogP contribution in [-0.2, 0) is 5.41 Å². The van der Waals surface area contributed by atoms with Crippen molar-refractivity contribution in [1.82, 2.24) is 9.97 Å². The molecule has 6 heteroatoms. The van der Waals surface area contributed by atoms with Crippen LogP contribution in [0.25, 0.3) is 10.7 Å². The molecule has 0 saturated carbocycles. The monoisotopic (exact) mass is 479 g/mol. The lowest BCUT2D eigenvalue weighted by Gasteiger charge is -2.22. The van der Waals surface area contributed by atoms with Crippen molar-refractivity contribution in [2.24, 2.45) is 0 Å². The molecule has 0 saturated heterocycles. The van der Waals surface area contributed by atoms with Gasteiger partial charge in [-0.15, -0.1) is 11.3 Å². The summed E-state index contributed by atoms with van der Waals surface area (Å²) in [7, 11) is 0. The highest BCUT2D eigenvalue weighted by atomic mass is 127. The molecule has 0 fully saturated rings. The Morgan fingerprint density at radius 2 is 2.05 bits per heavy atom. The van der Waals surface area contributed by atoms with Crippen LogP contribution in [0.1, 0.15) is 39.8 Å². The molecule has 2 aromatic heterocycles. The number of aromatic nitrogens is 2. The standard InChI is InChI=1S/C15H19BrIN3S/c1-5-6-18-14-11(17)12(15(2,3)4)19-13(20-14)10-7-9(16)8-21-10/h7-8H,5-6H2,1-4H3,(H,18,19,20). The Morgan fingerprint density at radius 1 is 1.33 bits per heavy atom. The van der Waals surface area contributed by atoms with E-state index in [-0.39, 0.29) is 5.41 Å². The Morgan fingerprint density at radius 3 is 2.57 bits per heavy atom. The van der Waals surface area contributed by atoms with E-state index in [2.05, 4.69) is 83.0 Å². The number of nitrogens with one attached hydrogen (secondary N) is 1. The second kappa shape index (κ2) is 6.91. The molecule has 2 heterocycles. The molecule has 3 nitrogen and oxygen atoms in total. The summed E-state index contributed by atoms with van der Waals surface area (Å²) in [6.07, 6.45) is 1.07. The number of nitrogens with zero attached hydrogens (tertiary/aromatic N) is 2. The number of rotatable bonds is 4. The van der Waals surface area contributed by atoms with E-state index in [0.29, 0.717) is 0 Å². The van der Waals surface area contributed by atoms with Crippen LogP contribution < -0.4 is 5.32 Å². The number of thiophene rings is 1. The van der Waals surface area contributed by atoms with E-state index in [9.17, 15) is 0 Å². The van der Waals surface area contributed by atoms with Crippen LogP contribution in [0.15, 0.2) is 15.9 Å². The summed E-state index contributed by atoms with van der Waals surface area (Å²) < 4.78 is 2.19. The summed E-state index contributed by atoms with van der Waals surface area (Å²) >= 11 is 7.51. The first-order valence-corrected chi connectivity index (χ1v) is 9.64. The summed E-state index contributed by atoms with van der Waals surface area (Å²) in [5.74, 6) is 1.74. The zero-order valence-electron chi connectivity index (χ0n) is 12.6. The van der Waals surface area contributed by atoms with Gasteiger partial charge >= 0.3 is 0 Å². The lowest BCUT2D eigenvalue weighted by molar-refractivity contribution is 0.564. The van der Waals surface area contributed by atoms with Crippen LogP contribution in [0, 0.1) is 3.57 Å². The van der Waals surface area contributed by atoms with Gasteiger partial charge in [0, 0.05) is 21.8 Å². The minimum atomic E-state index is -0.00858. The normalized spacial score (nSPS) is 11.7. The van der Waals surface area contributed by atoms with Crippen molar-refractivity contribution in [2.45, 2.75) is 39.5 Å². The summed E-state index contributed by atoms with van der Waals surface area (Å²) in [5, 5.41) is 5.49. The van der Waals surface area contributed by atoms with Gasteiger partial charge in [0.05, 0.1) is 14.1 Å². The summed E-state index contributed by atoms with van der Waals surface area (Å²) in [6, 6.07) is 2.07. The van der Waals surface area contributed by atoms with Crippen LogP contribution >= 0.6 is 49.9 Å². The predicted molar refractivity (Wildman–Crippen MR) is 103 cm³/mol. The van der Waals surface area contributed by atoms with Crippen LogP contribution in [0.3, 0.4) is 0 Å². The molecule has 2 rings (SSSR count). The predicted octanol–water partition coefficient (Wildman–Crippen LogP) is 5.69. The Balaban J connectivity index is 2.55. The smallest absolute Gasteiger partial charge is 0.171 e. The van der Waals surface area contributed by atoms with Crippen LogP contribution in [-0.4, -0.2) is 16.5 Å². The summed E-state index contributed by atoms with van der Waals surface area (Å²) in [5.41, 5.74) is 1.09. The van der Waals surface area contributed by atoms with Gasteiger partial charge in [-0.1, -0.05) is 27.7 Å². The van der Waals surface area contributed by atoms with Crippen molar-refractivity contribution in [2.75, 3.05) is 11.9 Å². The Kier molecular flexibility index (Phi) is 5.65. The third-order valence-corrected chi connectivity index (χ3v) is 5.60. The van der Waals surface area contributed by atoms with Gasteiger partial charge < -0.3 is 5.32 Å². The Labute approximate surface area is 152 Å². The van der Waals surface area contributed by atoms with Gasteiger partial charge in [-0.05, 0) is 51.0 Å². The first kappa shape index (κ1) is 17.1. The fourth-order valence-corrected chi connectivity index (χ4v) is 4.45. The van der Waals surface area contributed by atoms with E-state index >= 15 is 0 Å². The highest BCUT2D eigenvalue weighted by Crippen LogP contribution is 2.34. The molecule has 0 bridgehead atoms. The van der Waals surface area contributed by atoms with E-state index < -0.39 is 0 Å². The zero-order chi connectivity index (χ0) is 15.6. The first-order chi connectivity index (χ1) is 9.82. The highest BCUT2D eigenvalue weighted by molar-refractivity contribution is 14.1. The van der Waals surface area contributed by atoms with Crippen LogP contribution in [0.2, 0.25) is 0 Å². The average Bonchev–Trinajstić information content (AvgIpc) is 2.83. The van der Waals surface area contributed by atoms with Gasteiger partial charge in [-0.25, -0.2) is 9.97 Å². The number of anilines is 1. The maximum atomic E-state index is 4.83. The molecular weight excluding hydrogens is 461 g/mol. The lowest BCUT2D eigenvalue weighted by atomic mass is 9.92. The second-order valence-electron chi connectivity index (χ2n) is 5.86. The van der Waals surface area contributed by atoms with E-state index in [1.807, 2.05) is 0 Å². The van der Waals surface area contributed by atoms with E-state index in [0.717, 1.165) is 43.2 Å². The lowest BCUT2D eigenvalue weighted by Crippen LogP contribution is -2.19. The molecule has 1 N–H and O–H groups in total. The van der Waals surface area contributed by atoms with Crippen molar-refractivity contribution in [3.8, 4) is 10.7 Å². The van der Waals surface area contributed by atoms with Crippen molar-refractivity contribution in [1.29, 1.82) is 0 Å². The largest absolute Gasteiger partial charge is 0.369 e. The second-order valence-corrected chi connectivity index (χ2v) is 8.77. The van der Waals surface area contributed by atoms with Gasteiger partial charge in [-0.3, -0.25) is 0 Å². The topological polar surface area (TPSA) is 37.8 Å². The van der Waals surface area contributed by atoms with Crippen molar-refractivity contribution in [3.63, 3.8) is 0 Å². The van der Waals surface area contributed by atoms with Gasteiger partial charge in [0.25, 0.3) is 0 Å². The molecule has 0 aliphatic carbocycles. The van der Waals surface area contributed by atoms with Crippen LogP contribution in [0.4, 0.5) is 5.82 Å². The average molecular weight is 480 g/mol. The number of halogens is 2. The Bertz CT molecular complexity index is 634. The molecule has 0 amide bonds. The molecule has 0 spiro atoms. The maximum Gasteiger partial charge on any atom is 0.171 e. The van der Waals surface area contributed by atoms with E-state index in [4.69, 9.17) is 9.97 Å². The van der Waals surface area contributed by atoms with Crippen molar-refractivity contribution in [3.05, 3.63) is 25.2 Å². The molecule has 2 aromatic rings. The molecular formula is C15H19BrIN3S. The maximum absolute atomic E-state index is 4.83. The van der Waals surface area contributed by atoms with Gasteiger partial charge in [0.2, 0.25) is 0 Å². The SMILES string of the molecule is CCCNc1nc(-c2cc(Br)cs2)nc(C(C)(C)C)c1I. The molecule has 0 aliphatic heterocycles. The van der Waals surface area contributed by atoms with E-state index in [1.54, 1.807) is 11.3 Å².